The number of benzene rings is 1. The molecule has 1 heterocycles. The first kappa shape index (κ1) is 17.8. The molecule has 7 heteroatoms. The Morgan fingerprint density at radius 3 is 2.50 bits per heavy atom. The number of rotatable bonds is 5. The van der Waals surface area contributed by atoms with Crippen LogP contribution in [0.4, 0.5) is 4.39 Å². The largest absolute Gasteiger partial charge is 0.369 e. The van der Waals surface area contributed by atoms with Crippen molar-refractivity contribution in [3.05, 3.63) is 57.5 Å². The highest BCUT2D eigenvalue weighted by Crippen LogP contribution is 2.40. The summed E-state index contributed by atoms with van der Waals surface area (Å²) in [4.78, 5) is 23.1. The molecule has 24 heavy (non-hydrogen) atoms. The molecule has 0 saturated heterocycles. The minimum atomic E-state index is -0.607. The molecule has 0 aromatic heterocycles. The molecule has 3 N–H and O–H groups in total. The number of nitrogens with two attached hydrogens (primary N) is 1. The minimum absolute atomic E-state index is 0.00629. The number of amides is 1. The maximum Gasteiger partial charge on any atom is 0.227 e. The number of nitrogens with one attached hydrogen (secondary N) is 1. The summed E-state index contributed by atoms with van der Waals surface area (Å²) in [7, 11) is 0. The third-order valence-corrected chi connectivity index (χ3v) is 4.63. The fourth-order valence-electron chi connectivity index (χ4n) is 2.63. The molecule has 1 amide bonds. The Labute approximate surface area is 143 Å². The van der Waals surface area contributed by atoms with Crippen molar-refractivity contribution in [3.8, 4) is 6.07 Å². The number of hydrogen-bond acceptors (Lipinski definition) is 5. The Hall–Kier alpha value is -2.59. The Balaban J connectivity index is 2.57. The number of nitriles is 1. The van der Waals surface area contributed by atoms with Crippen molar-refractivity contribution >= 4 is 23.5 Å². The molecule has 1 aromatic carbocycles. The Bertz CT molecular complexity index is 791. The lowest BCUT2D eigenvalue weighted by molar-refractivity contribution is -0.115. The number of carbonyl (C=O) groups is 2. The third kappa shape index (κ3) is 3.66. The van der Waals surface area contributed by atoms with Crippen LogP contribution in [0.25, 0.3) is 0 Å². The van der Waals surface area contributed by atoms with E-state index in [2.05, 4.69) is 11.4 Å². The van der Waals surface area contributed by atoms with Gasteiger partial charge >= 0.3 is 0 Å². The van der Waals surface area contributed by atoms with E-state index in [1.165, 1.54) is 19.1 Å². The number of hydrogen-bond donors (Lipinski definition) is 2. The highest BCUT2D eigenvalue weighted by Gasteiger charge is 2.33. The smallest absolute Gasteiger partial charge is 0.227 e. The van der Waals surface area contributed by atoms with Crippen LogP contribution in [-0.4, -0.2) is 17.4 Å². The standard InChI is InChI=1S/C17H16FN3O2S/c1-9-15(10(2)22)16(11-3-5-12(18)6-4-11)13(7-19)17(21-9)24-8-14(20)23/h3-6,16,21H,8H2,1-2H3,(H2,20,23)/t16-/m1/s1. The topological polar surface area (TPSA) is 96.0 Å². The van der Waals surface area contributed by atoms with Crippen molar-refractivity contribution in [2.24, 2.45) is 5.73 Å². The van der Waals surface area contributed by atoms with E-state index in [1.807, 2.05) is 0 Å². The van der Waals surface area contributed by atoms with Crippen LogP contribution in [0.3, 0.4) is 0 Å². The summed E-state index contributed by atoms with van der Waals surface area (Å²) in [5.74, 6) is -1.69. The van der Waals surface area contributed by atoms with Gasteiger partial charge in [0.25, 0.3) is 0 Å². The van der Waals surface area contributed by atoms with Crippen LogP contribution in [0.15, 0.2) is 46.1 Å². The predicted octanol–water partition coefficient (Wildman–Crippen LogP) is 2.33. The lowest BCUT2D eigenvalue weighted by atomic mass is 9.81. The van der Waals surface area contributed by atoms with E-state index in [-0.39, 0.29) is 11.5 Å². The fraction of sp³-hybridized carbons (Fsp3) is 0.235. The van der Waals surface area contributed by atoms with Gasteiger partial charge in [0.1, 0.15) is 5.82 Å². The number of nitrogens with zero attached hydrogens (tertiary/aromatic N) is 1. The molecule has 0 saturated carbocycles. The number of halogens is 1. The van der Waals surface area contributed by atoms with Crippen molar-refractivity contribution in [2.45, 2.75) is 19.8 Å². The number of thioether (sulfide) groups is 1. The predicted molar refractivity (Wildman–Crippen MR) is 89.9 cm³/mol. The van der Waals surface area contributed by atoms with Gasteiger partial charge in [-0.2, -0.15) is 5.26 Å². The van der Waals surface area contributed by atoms with Crippen LogP contribution in [0.2, 0.25) is 0 Å². The molecule has 1 atom stereocenters. The summed E-state index contributed by atoms with van der Waals surface area (Å²) in [6.45, 7) is 3.15. The van der Waals surface area contributed by atoms with Crippen LogP contribution in [0.1, 0.15) is 25.3 Å². The Morgan fingerprint density at radius 1 is 1.38 bits per heavy atom. The number of allylic oxidation sites excluding steroid dienone is 3. The molecule has 0 radical (unpaired) electrons. The second-order valence-electron chi connectivity index (χ2n) is 5.31. The molecule has 1 aromatic rings. The molecule has 5 nitrogen and oxygen atoms in total. The Morgan fingerprint density at radius 2 is 2.00 bits per heavy atom. The average Bonchev–Trinajstić information content (AvgIpc) is 2.52. The number of carbonyl (C=O) groups excluding carboxylic acids is 2. The van der Waals surface area contributed by atoms with Gasteiger partial charge in [-0.05, 0) is 31.5 Å². The van der Waals surface area contributed by atoms with Gasteiger partial charge in [0, 0.05) is 11.3 Å². The van der Waals surface area contributed by atoms with E-state index >= 15 is 0 Å². The van der Waals surface area contributed by atoms with Crippen molar-refractivity contribution in [3.63, 3.8) is 0 Å². The number of ketones is 1. The number of primary amides is 1. The first-order valence-electron chi connectivity index (χ1n) is 7.14. The molecule has 1 aliphatic heterocycles. The number of Topliss-reactive ketones (excluding diaryl/α,β-unsaturated/α-hetero) is 1. The molecule has 0 unspecified atom stereocenters. The van der Waals surface area contributed by atoms with E-state index < -0.39 is 17.6 Å². The third-order valence-electron chi connectivity index (χ3n) is 3.59. The van der Waals surface area contributed by atoms with Crippen LogP contribution in [0, 0.1) is 17.1 Å². The highest BCUT2D eigenvalue weighted by molar-refractivity contribution is 8.03. The molecular formula is C17H16FN3O2S. The molecule has 124 valence electrons. The molecule has 0 aliphatic carbocycles. The first-order valence-corrected chi connectivity index (χ1v) is 8.13. The monoisotopic (exact) mass is 345 g/mol. The molecule has 2 rings (SSSR count). The van der Waals surface area contributed by atoms with Gasteiger partial charge in [-0.1, -0.05) is 23.9 Å². The molecule has 1 aliphatic rings. The SMILES string of the molecule is CC(=O)C1=C(C)NC(SCC(N)=O)=C(C#N)[C@H]1c1ccc(F)cc1. The summed E-state index contributed by atoms with van der Waals surface area (Å²) in [6.07, 6.45) is 0. The quantitative estimate of drug-likeness (QED) is 0.854. The summed E-state index contributed by atoms with van der Waals surface area (Å²) >= 11 is 1.11. The zero-order valence-corrected chi connectivity index (χ0v) is 14.0. The van der Waals surface area contributed by atoms with Gasteiger partial charge in [0.05, 0.1) is 28.3 Å². The normalized spacial score (nSPS) is 17.3. The summed E-state index contributed by atoms with van der Waals surface area (Å²) in [5.41, 5.74) is 7.16. The van der Waals surface area contributed by atoms with Crippen LogP contribution in [-0.2, 0) is 9.59 Å². The van der Waals surface area contributed by atoms with Gasteiger partial charge in [-0.15, -0.1) is 0 Å². The second kappa shape index (κ2) is 7.32. The van der Waals surface area contributed by atoms with Gasteiger partial charge < -0.3 is 11.1 Å². The maximum absolute atomic E-state index is 13.2. The van der Waals surface area contributed by atoms with Gasteiger partial charge in [-0.3, -0.25) is 9.59 Å². The van der Waals surface area contributed by atoms with Crippen LogP contribution in [0.5, 0.6) is 0 Å². The zero-order valence-electron chi connectivity index (χ0n) is 13.2. The summed E-state index contributed by atoms with van der Waals surface area (Å²) in [6, 6.07) is 7.79. The lowest BCUT2D eigenvalue weighted by Gasteiger charge is -2.29. The number of dihydropyridines is 1. The molecular weight excluding hydrogens is 329 g/mol. The van der Waals surface area contributed by atoms with Crippen molar-refractivity contribution in [2.75, 3.05) is 5.75 Å². The molecule has 0 bridgehead atoms. The summed E-state index contributed by atoms with van der Waals surface area (Å²) < 4.78 is 13.2. The average molecular weight is 345 g/mol. The second-order valence-corrected chi connectivity index (χ2v) is 6.30. The van der Waals surface area contributed by atoms with Gasteiger partial charge in [-0.25, -0.2) is 4.39 Å². The molecule has 0 fully saturated rings. The highest BCUT2D eigenvalue weighted by atomic mass is 32.2. The van der Waals surface area contributed by atoms with Crippen molar-refractivity contribution in [1.82, 2.24) is 5.32 Å². The van der Waals surface area contributed by atoms with E-state index in [0.29, 0.717) is 27.4 Å². The first-order chi connectivity index (χ1) is 11.3. The lowest BCUT2D eigenvalue weighted by Crippen LogP contribution is -2.27. The maximum atomic E-state index is 13.2. The van der Waals surface area contributed by atoms with E-state index in [1.54, 1.807) is 19.1 Å². The van der Waals surface area contributed by atoms with Crippen LogP contribution < -0.4 is 11.1 Å². The van der Waals surface area contributed by atoms with E-state index in [9.17, 15) is 19.2 Å². The van der Waals surface area contributed by atoms with Crippen LogP contribution >= 0.6 is 11.8 Å². The van der Waals surface area contributed by atoms with E-state index in [0.717, 1.165) is 11.8 Å². The zero-order chi connectivity index (χ0) is 17.9. The Kier molecular flexibility index (Phi) is 5.42. The van der Waals surface area contributed by atoms with Crippen molar-refractivity contribution < 1.29 is 14.0 Å². The van der Waals surface area contributed by atoms with Gasteiger partial charge in [0.2, 0.25) is 5.91 Å². The van der Waals surface area contributed by atoms with Crippen molar-refractivity contribution in [1.29, 1.82) is 5.26 Å². The fourth-order valence-corrected chi connectivity index (χ4v) is 3.46. The van der Waals surface area contributed by atoms with E-state index in [4.69, 9.17) is 5.73 Å². The molecule has 0 spiro atoms. The summed E-state index contributed by atoms with van der Waals surface area (Å²) in [5, 5.41) is 13.1. The minimum Gasteiger partial charge on any atom is -0.369 e. The van der Waals surface area contributed by atoms with Gasteiger partial charge in [0.15, 0.2) is 5.78 Å².